The van der Waals surface area contributed by atoms with Crippen LogP contribution in [0.5, 0.6) is 0 Å². The molecule has 1 fully saturated rings. The highest BCUT2D eigenvalue weighted by atomic mass is 35.5. The Kier molecular flexibility index (Phi) is 3.83. The van der Waals surface area contributed by atoms with E-state index in [1.807, 2.05) is 24.3 Å². The van der Waals surface area contributed by atoms with Crippen LogP contribution in [0.15, 0.2) is 30.3 Å². The van der Waals surface area contributed by atoms with Crippen molar-refractivity contribution >= 4 is 34.8 Å². The Morgan fingerprint density at radius 3 is 2.41 bits per heavy atom. The van der Waals surface area contributed by atoms with Crippen LogP contribution >= 0.6 is 34.8 Å². The van der Waals surface area contributed by atoms with E-state index < -0.39 is 0 Å². The van der Waals surface area contributed by atoms with Crippen LogP contribution in [0.1, 0.15) is 17.2 Å². The van der Waals surface area contributed by atoms with E-state index in [9.17, 15) is 0 Å². The van der Waals surface area contributed by atoms with Crippen molar-refractivity contribution in [3.63, 3.8) is 0 Å². The van der Waals surface area contributed by atoms with Crippen molar-refractivity contribution in [2.45, 2.75) is 6.04 Å². The van der Waals surface area contributed by atoms with Crippen LogP contribution < -0.4 is 0 Å². The molecule has 22 heavy (non-hydrogen) atoms. The Morgan fingerprint density at radius 2 is 1.64 bits per heavy atom. The molecular formula is C17H14Cl3NO. The number of hydrogen-bond acceptors (Lipinski definition) is 2. The van der Waals surface area contributed by atoms with Gasteiger partial charge in [-0.3, -0.25) is 4.90 Å². The summed E-state index contributed by atoms with van der Waals surface area (Å²) in [4.78, 5) is 2.41. The van der Waals surface area contributed by atoms with E-state index in [2.05, 4.69) is 11.0 Å². The molecule has 2 aliphatic rings. The fourth-order valence-electron chi connectivity index (χ4n) is 3.48. The third-order valence-corrected chi connectivity index (χ3v) is 5.12. The molecule has 0 saturated carbocycles. The van der Waals surface area contributed by atoms with Crippen LogP contribution in [0.2, 0.25) is 15.1 Å². The van der Waals surface area contributed by atoms with E-state index in [-0.39, 0.29) is 6.04 Å². The van der Waals surface area contributed by atoms with Gasteiger partial charge in [-0.25, -0.2) is 0 Å². The summed E-state index contributed by atoms with van der Waals surface area (Å²) in [7, 11) is 0. The maximum absolute atomic E-state index is 6.49. The van der Waals surface area contributed by atoms with Gasteiger partial charge in [0.25, 0.3) is 0 Å². The van der Waals surface area contributed by atoms with Crippen molar-refractivity contribution in [3.05, 3.63) is 56.5 Å². The van der Waals surface area contributed by atoms with Gasteiger partial charge in [-0.15, -0.1) is 0 Å². The summed E-state index contributed by atoms with van der Waals surface area (Å²) in [5.41, 5.74) is 4.59. The SMILES string of the molecule is Clc1ccc2c(c1)C(N1CCOCC1)c1cc(Cl)cc(Cl)c1-2. The average Bonchev–Trinajstić information content (AvgIpc) is 2.81. The summed E-state index contributed by atoms with van der Waals surface area (Å²) < 4.78 is 5.49. The lowest BCUT2D eigenvalue weighted by atomic mass is 10.0. The topological polar surface area (TPSA) is 12.5 Å². The molecule has 2 aromatic rings. The summed E-state index contributed by atoms with van der Waals surface area (Å²) in [5, 5.41) is 2.11. The molecule has 1 heterocycles. The Bertz CT molecular complexity index is 741. The molecule has 1 atom stereocenters. The molecule has 1 aliphatic heterocycles. The quantitative estimate of drug-likeness (QED) is 0.710. The highest BCUT2D eigenvalue weighted by molar-refractivity contribution is 6.37. The van der Waals surface area contributed by atoms with Crippen molar-refractivity contribution < 1.29 is 4.74 Å². The van der Waals surface area contributed by atoms with Crippen LogP contribution in [0.4, 0.5) is 0 Å². The summed E-state index contributed by atoms with van der Waals surface area (Å²) in [6.07, 6.45) is 0. The predicted molar refractivity (Wildman–Crippen MR) is 91.1 cm³/mol. The molecule has 114 valence electrons. The second kappa shape index (κ2) is 5.70. The Morgan fingerprint density at radius 1 is 0.909 bits per heavy atom. The molecule has 4 rings (SSSR count). The van der Waals surface area contributed by atoms with Crippen molar-refractivity contribution in [3.8, 4) is 11.1 Å². The molecule has 0 radical (unpaired) electrons. The van der Waals surface area contributed by atoms with Crippen LogP contribution in [-0.4, -0.2) is 31.2 Å². The molecule has 0 amide bonds. The fourth-order valence-corrected chi connectivity index (χ4v) is 4.27. The molecule has 1 saturated heterocycles. The molecule has 0 aromatic heterocycles. The van der Waals surface area contributed by atoms with Gasteiger partial charge in [0.05, 0.1) is 24.3 Å². The minimum absolute atomic E-state index is 0.142. The van der Waals surface area contributed by atoms with Gasteiger partial charge in [-0.05, 0) is 41.0 Å². The lowest BCUT2D eigenvalue weighted by Crippen LogP contribution is -2.38. The number of morpholine rings is 1. The molecule has 2 aromatic carbocycles. The van der Waals surface area contributed by atoms with E-state index in [4.69, 9.17) is 39.5 Å². The van der Waals surface area contributed by atoms with Gasteiger partial charge in [0.1, 0.15) is 0 Å². The first kappa shape index (κ1) is 14.8. The molecule has 0 bridgehead atoms. The van der Waals surface area contributed by atoms with Crippen LogP contribution in [0, 0.1) is 0 Å². The highest BCUT2D eigenvalue weighted by Crippen LogP contribution is 2.51. The standard InChI is InChI=1S/C17H14Cl3NO/c18-10-1-2-12-13(7-10)17(21-3-5-22-6-4-21)14-8-11(19)9-15(20)16(12)14/h1-2,7-9,17H,3-6H2. The second-order valence-electron chi connectivity index (χ2n) is 5.63. The summed E-state index contributed by atoms with van der Waals surface area (Å²) in [6.45, 7) is 3.27. The van der Waals surface area contributed by atoms with Crippen molar-refractivity contribution in [2.75, 3.05) is 26.3 Å². The zero-order chi connectivity index (χ0) is 15.3. The smallest absolute Gasteiger partial charge is 0.0617 e. The van der Waals surface area contributed by atoms with E-state index in [0.29, 0.717) is 10.0 Å². The van der Waals surface area contributed by atoms with Gasteiger partial charge in [0.15, 0.2) is 0 Å². The van der Waals surface area contributed by atoms with E-state index in [1.54, 1.807) is 0 Å². The van der Waals surface area contributed by atoms with Gasteiger partial charge in [0.2, 0.25) is 0 Å². The normalized spacial score (nSPS) is 20.8. The first-order valence-corrected chi connectivity index (χ1v) is 8.39. The summed E-state index contributed by atoms with van der Waals surface area (Å²) in [5.74, 6) is 0. The van der Waals surface area contributed by atoms with Crippen molar-refractivity contribution in [1.82, 2.24) is 4.90 Å². The molecular weight excluding hydrogens is 341 g/mol. The number of halogens is 3. The van der Waals surface area contributed by atoms with Gasteiger partial charge in [0, 0.05) is 28.7 Å². The number of hydrogen-bond donors (Lipinski definition) is 0. The lowest BCUT2D eigenvalue weighted by molar-refractivity contribution is 0.0247. The monoisotopic (exact) mass is 353 g/mol. The Hall–Kier alpha value is -0.770. The zero-order valence-electron chi connectivity index (χ0n) is 11.8. The minimum atomic E-state index is 0.142. The molecule has 1 unspecified atom stereocenters. The molecule has 0 spiro atoms. The third-order valence-electron chi connectivity index (χ3n) is 4.37. The van der Waals surface area contributed by atoms with Crippen LogP contribution in [0.3, 0.4) is 0 Å². The number of benzene rings is 2. The summed E-state index contributed by atoms with van der Waals surface area (Å²) >= 11 is 19.0. The van der Waals surface area contributed by atoms with Crippen molar-refractivity contribution in [1.29, 1.82) is 0 Å². The highest BCUT2D eigenvalue weighted by Gasteiger charge is 2.35. The zero-order valence-corrected chi connectivity index (χ0v) is 14.0. The maximum atomic E-state index is 6.49. The van der Waals surface area contributed by atoms with Gasteiger partial charge < -0.3 is 4.74 Å². The predicted octanol–water partition coefficient (Wildman–Crippen LogP) is 5.05. The number of fused-ring (bicyclic) bond motifs is 3. The van der Waals surface area contributed by atoms with Gasteiger partial charge in [-0.1, -0.05) is 40.9 Å². The third kappa shape index (κ3) is 2.34. The summed E-state index contributed by atoms with van der Waals surface area (Å²) in [6, 6.07) is 9.98. The molecule has 5 heteroatoms. The first-order chi connectivity index (χ1) is 10.6. The van der Waals surface area contributed by atoms with Crippen molar-refractivity contribution in [2.24, 2.45) is 0 Å². The minimum Gasteiger partial charge on any atom is -0.379 e. The average molecular weight is 355 g/mol. The number of ether oxygens (including phenoxy) is 1. The van der Waals surface area contributed by atoms with Gasteiger partial charge >= 0.3 is 0 Å². The Balaban J connectivity index is 1.93. The number of rotatable bonds is 1. The molecule has 2 nitrogen and oxygen atoms in total. The Labute approximate surface area is 144 Å². The first-order valence-electron chi connectivity index (χ1n) is 7.26. The number of nitrogens with zero attached hydrogens (tertiary/aromatic N) is 1. The molecule has 0 N–H and O–H groups in total. The van der Waals surface area contributed by atoms with E-state index in [1.165, 1.54) is 5.56 Å². The second-order valence-corrected chi connectivity index (χ2v) is 6.91. The fraction of sp³-hybridized carbons (Fsp3) is 0.294. The lowest BCUT2D eigenvalue weighted by Gasteiger charge is -2.33. The van der Waals surface area contributed by atoms with Crippen LogP contribution in [-0.2, 0) is 4.74 Å². The van der Waals surface area contributed by atoms with E-state index in [0.717, 1.165) is 48.0 Å². The molecule has 1 aliphatic carbocycles. The van der Waals surface area contributed by atoms with Gasteiger partial charge in [-0.2, -0.15) is 0 Å². The van der Waals surface area contributed by atoms with Crippen LogP contribution in [0.25, 0.3) is 11.1 Å². The maximum Gasteiger partial charge on any atom is 0.0617 e. The van der Waals surface area contributed by atoms with E-state index >= 15 is 0 Å². The largest absolute Gasteiger partial charge is 0.379 e.